The van der Waals surface area contributed by atoms with Gasteiger partial charge in [0, 0.05) is 36.8 Å². The largest absolute Gasteiger partial charge is 0.367 e. The standard InChI is InChI=1S/C13H23N3O/c1-4-10(7-14)12(17)16-9-13(2,3)11-5-6-15-8-11/h5-6,8,10,15H,4,7,9,14H2,1-3H3,(H,16,17). The van der Waals surface area contributed by atoms with E-state index >= 15 is 0 Å². The van der Waals surface area contributed by atoms with E-state index in [0.29, 0.717) is 13.1 Å². The third-order valence-corrected chi connectivity index (χ3v) is 3.23. The highest BCUT2D eigenvalue weighted by Gasteiger charge is 2.23. The topological polar surface area (TPSA) is 70.9 Å². The minimum Gasteiger partial charge on any atom is -0.367 e. The Morgan fingerprint density at radius 1 is 1.59 bits per heavy atom. The minimum absolute atomic E-state index is 0.0543. The monoisotopic (exact) mass is 237 g/mol. The van der Waals surface area contributed by atoms with Crippen molar-refractivity contribution in [2.75, 3.05) is 13.1 Å². The second kappa shape index (κ2) is 5.87. The molecule has 4 nitrogen and oxygen atoms in total. The summed E-state index contributed by atoms with van der Waals surface area (Å²) >= 11 is 0. The lowest BCUT2D eigenvalue weighted by atomic mass is 9.86. The number of carbonyl (C=O) groups is 1. The number of nitrogens with two attached hydrogens (primary N) is 1. The molecule has 0 fully saturated rings. The third-order valence-electron chi connectivity index (χ3n) is 3.23. The Balaban J connectivity index is 2.53. The summed E-state index contributed by atoms with van der Waals surface area (Å²) in [6.07, 6.45) is 4.65. The molecule has 0 radical (unpaired) electrons. The predicted octanol–water partition coefficient (Wildman–Crippen LogP) is 1.39. The molecule has 0 aromatic carbocycles. The first-order valence-corrected chi connectivity index (χ1v) is 6.12. The van der Waals surface area contributed by atoms with Gasteiger partial charge in [0.25, 0.3) is 0 Å². The predicted molar refractivity (Wildman–Crippen MR) is 69.7 cm³/mol. The van der Waals surface area contributed by atoms with E-state index in [-0.39, 0.29) is 17.2 Å². The van der Waals surface area contributed by atoms with Gasteiger partial charge < -0.3 is 16.0 Å². The smallest absolute Gasteiger partial charge is 0.224 e. The fourth-order valence-electron chi connectivity index (χ4n) is 1.76. The molecule has 96 valence electrons. The minimum atomic E-state index is -0.0722. The lowest BCUT2D eigenvalue weighted by Crippen LogP contribution is -2.41. The number of hydrogen-bond acceptors (Lipinski definition) is 2. The first-order chi connectivity index (χ1) is 8.01. The Labute approximate surface area is 103 Å². The summed E-state index contributed by atoms with van der Waals surface area (Å²) in [7, 11) is 0. The molecule has 1 atom stereocenters. The van der Waals surface area contributed by atoms with Crippen LogP contribution in [0.25, 0.3) is 0 Å². The van der Waals surface area contributed by atoms with E-state index in [9.17, 15) is 4.79 Å². The summed E-state index contributed by atoms with van der Waals surface area (Å²) in [5, 5.41) is 2.98. The van der Waals surface area contributed by atoms with Crippen molar-refractivity contribution in [1.82, 2.24) is 10.3 Å². The van der Waals surface area contributed by atoms with Gasteiger partial charge in [-0.25, -0.2) is 0 Å². The van der Waals surface area contributed by atoms with Crippen LogP contribution in [0.3, 0.4) is 0 Å². The number of aromatic nitrogens is 1. The third kappa shape index (κ3) is 3.60. The van der Waals surface area contributed by atoms with Gasteiger partial charge in [-0.15, -0.1) is 0 Å². The molecule has 17 heavy (non-hydrogen) atoms. The first-order valence-electron chi connectivity index (χ1n) is 6.12. The van der Waals surface area contributed by atoms with Crippen LogP contribution in [0.15, 0.2) is 18.5 Å². The Morgan fingerprint density at radius 3 is 2.76 bits per heavy atom. The second-order valence-corrected chi connectivity index (χ2v) is 5.04. The number of hydrogen-bond donors (Lipinski definition) is 3. The van der Waals surface area contributed by atoms with Crippen molar-refractivity contribution in [3.05, 3.63) is 24.0 Å². The molecule has 1 heterocycles. The van der Waals surface area contributed by atoms with Crippen molar-refractivity contribution in [2.45, 2.75) is 32.6 Å². The van der Waals surface area contributed by atoms with E-state index < -0.39 is 0 Å². The van der Waals surface area contributed by atoms with Gasteiger partial charge in [-0.3, -0.25) is 4.79 Å². The molecule has 1 aromatic heterocycles. The maximum atomic E-state index is 11.8. The van der Waals surface area contributed by atoms with Gasteiger partial charge in [-0.1, -0.05) is 20.8 Å². The number of carbonyl (C=O) groups excluding carboxylic acids is 1. The van der Waals surface area contributed by atoms with Gasteiger partial charge in [0.2, 0.25) is 5.91 Å². The molecule has 1 unspecified atom stereocenters. The molecule has 1 amide bonds. The van der Waals surface area contributed by atoms with Crippen LogP contribution >= 0.6 is 0 Å². The molecular formula is C13H23N3O. The van der Waals surface area contributed by atoms with Crippen LogP contribution in [-0.4, -0.2) is 24.0 Å². The van der Waals surface area contributed by atoms with Crippen molar-refractivity contribution in [3.8, 4) is 0 Å². The summed E-state index contributed by atoms with van der Waals surface area (Å²) in [6, 6.07) is 2.03. The zero-order chi connectivity index (χ0) is 12.9. The van der Waals surface area contributed by atoms with Crippen LogP contribution < -0.4 is 11.1 Å². The van der Waals surface area contributed by atoms with Crippen LogP contribution in [0.5, 0.6) is 0 Å². The summed E-state index contributed by atoms with van der Waals surface area (Å²) in [6.45, 7) is 7.24. The van der Waals surface area contributed by atoms with Crippen molar-refractivity contribution < 1.29 is 4.79 Å². The van der Waals surface area contributed by atoms with Crippen LogP contribution in [0.1, 0.15) is 32.8 Å². The molecule has 0 aliphatic carbocycles. The van der Waals surface area contributed by atoms with Gasteiger partial charge >= 0.3 is 0 Å². The number of nitrogens with one attached hydrogen (secondary N) is 2. The summed E-state index contributed by atoms with van der Waals surface area (Å²) in [5.74, 6) is -0.0179. The van der Waals surface area contributed by atoms with Gasteiger partial charge in [0.15, 0.2) is 0 Å². The van der Waals surface area contributed by atoms with Gasteiger partial charge in [0.05, 0.1) is 0 Å². The van der Waals surface area contributed by atoms with E-state index in [2.05, 4.69) is 24.1 Å². The first kappa shape index (κ1) is 13.8. The molecule has 0 spiro atoms. The van der Waals surface area contributed by atoms with Crippen molar-refractivity contribution in [1.29, 1.82) is 0 Å². The van der Waals surface area contributed by atoms with E-state index in [4.69, 9.17) is 5.73 Å². The molecule has 4 N–H and O–H groups in total. The molecular weight excluding hydrogens is 214 g/mol. The zero-order valence-corrected chi connectivity index (χ0v) is 10.9. The second-order valence-electron chi connectivity index (χ2n) is 5.04. The lowest BCUT2D eigenvalue weighted by Gasteiger charge is -2.25. The van der Waals surface area contributed by atoms with Crippen LogP contribution in [-0.2, 0) is 10.2 Å². The van der Waals surface area contributed by atoms with Crippen LogP contribution in [0, 0.1) is 5.92 Å². The van der Waals surface area contributed by atoms with Crippen molar-refractivity contribution >= 4 is 5.91 Å². The summed E-state index contributed by atoms with van der Waals surface area (Å²) in [5.41, 5.74) is 6.68. The number of aromatic amines is 1. The maximum Gasteiger partial charge on any atom is 0.224 e. The van der Waals surface area contributed by atoms with E-state index in [1.165, 1.54) is 5.56 Å². The fourth-order valence-corrected chi connectivity index (χ4v) is 1.76. The maximum absolute atomic E-state index is 11.8. The lowest BCUT2D eigenvalue weighted by molar-refractivity contribution is -0.125. The summed E-state index contributed by atoms with van der Waals surface area (Å²) < 4.78 is 0. The van der Waals surface area contributed by atoms with Crippen LogP contribution in [0.2, 0.25) is 0 Å². The Hall–Kier alpha value is -1.29. The quantitative estimate of drug-likeness (QED) is 0.699. The molecule has 0 aliphatic rings. The highest BCUT2D eigenvalue weighted by atomic mass is 16.1. The van der Waals surface area contributed by atoms with E-state index in [1.807, 2.05) is 25.4 Å². The Bertz CT molecular complexity index is 340. The highest BCUT2D eigenvalue weighted by Crippen LogP contribution is 2.21. The molecule has 4 heteroatoms. The molecule has 0 bridgehead atoms. The van der Waals surface area contributed by atoms with Crippen molar-refractivity contribution in [2.24, 2.45) is 11.7 Å². The molecule has 0 saturated carbocycles. The average molecular weight is 237 g/mol. The van der Waals surface area contributed by atoms with Crippen LogP contribution in [0.4, 0.5) is 0 Å². The van der Waals surface area contributed by atoms with Gasteiger partial charge in [0.1, 0.15) is 0 Å². The zero-order valence-electron chi connectivity index (χ0n) is 10.9. The Kier molecular flexibility index (Phi) is 4.75. The average Bonchev–Trinajstić information content (AvgIpc) is 2.82. The van der Waals surface area contributed by atoms with Crippen molar-refractivity contribution in [3.63, 3.8) is 0 Å². The molecule has 0 aliphatic heterocycles. The molecule has 1 rings (SSSR count). The molecule has 0 saturated heterocycles. The highest BCUT2D eigenvalue weighted by molar-refractivity contribution is 5.78. The number of amides is 1. The van der Waals surface area contributed by atoms with E-state index in [1.54, 1.807) is 0 Å². The SMILES string of the molecule is CCC(CN)C(=O)NCC(C)(C)c1cc[nH]c1. The fraction of sp³-hybridized carbons (Fsp3) is 0.615. The van der Waals surface area contributed by atoms with E-state index in [0.717, 1.165) is 6.42 Å². The Morgan fingerprint density at radius 2 is 2.29 bits per heavy atom. The number of rotatable bonds is 6. The summed E-state index contributed by atoms with van der Waals surface area (Å²) in [4.78, 5) is 14.9. The normalized spacial score (nSPS) is 13.4. The van der Waals surface area contributed by atoms with Gasteiger partial charge in [-0.05, 0) is 18.1 Å². The molecule has 1 aromatic rings. The number of H-pyrrole nitrogens is 1. The van der Waals surface area contributed by atoms with Gasteiger partial charge in [-0.2, -0.15) is 0 Å².